The summed E-state index contributed by atoms with van der Waals surface area (Å²) >= 11 is 0. The second kappa shape index (κ2) is 4.48. The Morgan fingerprint density at radius 2 is 1.56 bits per heavy atom. The Bertz CT molecular complexity index is 308. The highest BCUT2D eigenvalue weighted by Crippen LogP contribution is 2.32. The van der Waals surface area contributed by atoms with Gasteiger partial charge < -0.3 is 0 Å². The standard InChI is InChI=1S/C13H18O3/c1-8-6-10(14)12(11(15)7-8)13(16)9-4-2-3-5-9/h8-9,12H,2-7H2,1H3. The quantitative estimate of drug-likeness (QED) is 0.671. The smallest absolute Gasteiger partial charge is 0.153 e. The van der Waals surface area contributed by atoms with Crippen molar-refractivity contribution in [3.63, 3.8) is 0 Å². The van der Waals surface area contributed by atoms with Crippen LogP contribution in [0.2, 0.25) is 0 Å². The number of rotatable bonds is 2. The maximum absolute atomic E-state index is 12.1. The molecule has 2 rings (SSSR count). The molecule has 0 aromatic heterocycles. The van der Waals surface area contributed by atoms with E-state index < -0.39 is 5.92 Å². The second-order valence-electron chi connectivity index (χ2n) is 5.26. The molecule has 3 nitrogen and oxygen atoms in total. The van der Waals surface area contributed by atoms with E-state index in [0.717, 1.165) is 25.7 Å². The average Bonchev–Trinajstić information content (AvgIpc) is 2.67. The zero-order valence-electron chi connectivity index (χ0n) is 9.70. The van der Waals surface area contributed by atoms with E-state index >= 15 is 0 Å². The summed E-state index contributed by atoms with van der Waals surface area (Å²) in [6, 6.07) is 0. The van der Waals surface area contributed by atoms with Gasteiger partial charge in [-0.25, -0.2) is 0 Å². The molecule has 2 fully saturated rings. The maximum Gasteiger partial charge on any atom is 0.153 e. The van der Waals surface area contributed by atoms with Gasteiger partial charge in [-0.15, -0.1) is 0 Å². The van der Waals surface area contributed by atoms with Crippen LogP contribution in [0.1, 0.15) is 45.4 Å². The van der Waals surface area contributed by atoms with Crippen LogP contribution in [0.15, 0.2) is 0 Å². The molecule has 0 aromatic carbocycles. The predicted octanol–water partition coefficient (Wildman–Crippen LogP) is 1.93. The number of carbonyl (C=O) groups is 3. The fraction of sp³-hybridized carbons (Fsp3) is 0.769. The first-order chi connectivity index (χ1) is 7.59. The molecule has 2 aliphatic carbocycles. The van der Waals surface area contributed by atoms with Crippen LogP contribution in [0.5, 0.6) is 0 Å². The molecule has 3 heteroatoms. The van der Waals surface area contributed by atoms with Crippen molar-refractivity contribution in [2.75, 3.05) is 0 Å². The van der Waals surface area contributed by atoms with Crippen LogP contribution in [0.4, 0.5) is 0 Å². The zero-order chi connectivity index (χ0) is 11.7. The van der Waals surface area contributed by atoms with Gasteiger partial charge in [-0.1, -0.05) is 19.8 Å². The third kappa shape index (κ3) is 2.08. The molecule has 0 radical (unpaired) electrons. The fourth-order valence-corrected chi connectivity index (χ4v) is 2.94. The van der Waals surface area contributed by atoms with E-state index in [9.17, 15) is 14.4 Å². The van der Waals surface area contributed by atoms with Crippen molar-refractivity contribution in [2.45, 2.75) is 45.4 Å². The van der Waals surface area contributed by atoms with Gasteiger partial charge in [0.15, 0.2) is 17.3 Å². The third-order valence-electron chi connectivity index (χ3n) is 3.79. The lowest BCUT2D eigenvalue weighted by molar-refractivity contribution is -0.144. The number of hydrogen-bond acceptors (Lipinski definition) is 3. The molecule has 2 saturated carbocycles. The highest BCUT2D eigenvalue weighted by molar-refractivity contribution is 6.21. The number of Topliss-reactive ketones (excluding diaryl/α,β-unsaturated/α-hetero) is 3. The third-order valence-corrected chi connectivity index (χ3v) is 3.79. The number of ketones is 3. The Kier molecular flexibility index (Phi) is 3.22. The lowest BCUT2D eigenvalue weighted by Gasteiger charge is -2.24. The largest absolute Gasteiger partial charge is 0.298 e. The Morgan fingerprint density at radius 3 is 2.06 bits per heavy atom. The molecule has 0 bridgehead atoms. The van der Waals surface area contributed by atoms with Gasteiger partial charge in [0.25, 0.3) is 0 Å². The first-order valence-electron chi connectivity index (χ1n) is 6.18. The summed E-state index contributed by atoms with van der Waals surface area (Å²) in [6.45, 7) is 1.89. The predicted molar refractivity (Wildman–Crippen MR) is 58.9 cm³/mol. The number of carbonyl (C=O) groups excluding carboxylic acids is 3. The molecule has 0 saturated heterocycles. The Morgan fingerprint density at radius 1 is 1.06 bits per heavy atom. The van der Waals surface area contributed by atoms with Gasteiger partial charge in [0.1, 0.15) is 5.92 Å². The Hall–Kier alpha value is -0.990. The summed E-state index contributed by atoms with van der Waals surface area (Å²) in [7, 11) is 0. The minimum atomic E-state index is -0.903. The summed E-state index contributed by atoms with van der Waals surface area (Å²) in [6.07, 6.45) is 4.64. The van der Waals surface area contributed by atoms with Gasteiger partial charge >= 0.3 is 0 Å². The molecule has 88 valence electrons. The Labute approximate surface area is 95.6 Å². The van der Waals surface area contributed by atoms with Crippen molar-refractivity contribution in [1.82, 2.24) is 0 Å². The van der Waals surface area contributed by atoms with E-state index in [1.54, 1.807) is 0 Å². The van der Waals surface area contributed by atoms with E-state index in [4.69, 9.17) is 0 Å². The Balaban J connectivity index is 2.09. The molecule has 0 unspecified atom stereocenters. The van der Waals surface area contributed by atoms with Crippen LogP contribution in [0, 0.1) is 17.8 Å². The van der Waals surface area contributed by atoms with Gasteiger partial charge in [0.05, 0.1) is 0 Å². The summed E-state index contributed by atoms with van der Waals surface area (Å²) in [5.41, 5.74) is 0. The lowest BCUT2D eigenvalue weighted by atomic mass is 9.75. The lowest BCUT2D eigenvalue weighted by Crippen LogP contribution is -2.40. The minimum absolute atomic E-state index is 0.0219. The van der Waals surface area contributed by atoms with Gasteiger partial charge in [-0.3, -0.25) is 14.4 Å². The van der Waals surface area contributed by atoms with Crippen molar-refractivity contribution in [1.29, 1.82) is 0 Å². The summed E-state index contributed by atoms with van der Waals surface area (Å²) in [5, 5.41) is 0. The average molecular weight is 222 g/mol. The topological polar surface area (TPSA) is 51.2 Å². The molecule has 16 heavy (non-hydrogen) atoms. The molecular weight excluding hydrogens is 204 g/mol. The monoisotopic (exact) mass is 222 g/mol. The van der Waals surface area contributed by atoms with E-state index in [0.29, 0.717) is 12.8 Å². The van der Waals surface area contributed by atoms with Crippen LogP contribution in [0.3, 0.4) is 0 Å². The highest BCUT2D eigenvalue weighted by Gasteiger charge is 2.41. The highest BCUT2D eigenvalue weighted by atomic mass is 16.2. The zero-order valence-corrected chi connectivity index (χ0v) is 9.70. The SMILES string of the molecule is CC1CC(=O)C(C(=O)C2CCCC2)C(=O)C1. The molecule has 0 atom stereocenters. The molecule has 0 aromatic rings. The van der Waals surface area contributed by atoms with Crippen molar-refractivity contribution >= 4 is 17.3 Å². The van der Waals surface area contributed by atoms with Gasteiger partial charge in [-0.2, -0.15) is 0 Å². The van der Waals surface area contributed by atoms with Crippen LogP contribution in [-0.4, -0.2) is 17.3 Å². The van der Waals surface area contributed by atoms with Gasteiger partial charge in [0.2, 0.25) is 0 Å². The molecule has 0 aliphatic heterocycles. The second-order valence-corrected chi connectivity index (χ2v) is 5.26. The van der Waals surface area contributed by atoms with E-state index in [1.807, 2.05) is 6.92 Å². The first kappa shape index (κ1) is 11.5. The van der Waals surface area contributed by atoms with Crippen molar-refractivity contribution in [2.24, 2.45) is 17.8 Å². The molecular formula is C13H18O3. The van der Waals surface area contributed by atoms with E-state index in [-0.39, 0.29) is 29.2 Å². The molecule has 0 spiro atoms. The van der Waals surface area contributed by atoms with Crippen molar-refractivity contribution < 1.29 is 14.4 Å². The van der Waals surface area contributed by atoms with E-state index in [1.165, 1.54) is 0 Å². The fourth-order valence-electron chi connectivity index (χ4n) is 2.94. The summed E-state index contributed by atoms with van der Waals surface area (Å²) in [5.74, 6) is -1.17. The van der Waals surface area contributed by atoms with Crippen LogP contribution in [0.25, 0.3) is 0 Å². The normalized spacial score (nSPS) is 32.1. The summed E-state index contributed by atoms with van der Waals surface area (Å²) < 4.78 is 0. The maximum atomic E-state index is 12.1. The van der Waals surface area contributed by atoms with Crippen molar-refractivity contribution in [3.05, 3.63) is 0 Å². The summed E-state index contributed by atoms with van der Waals surface area (Å²) in [4.78, 5) is 35.6. The molecule has 2 aliphatic rings. The molecule has 0 amide bonds. The van der Waals surface area contributed by atoms with Crippen LogP contribution in [-0.2, 0) is 14.4 Å². The van der Waals surface area contributed by atoms with Crippen LogP contribution < -0.4 is 0 Å². The minimum Gasteiger partial charge on any atom is -0.298 e. The van der Waals surface area contributed by atoms with Crippen molar-refractivity contribution in [3.8, 4) is 0 Å². The van der Waals surface area contributed by atoms with E-state index in [2.05, 4.69) is 0 Å². The number of hydrogen-bond donors (Lipinski definition) is 0. The molecule has 0 heterocycles. The van der Waals surface area contributed by atoms with Crippen LogP contribution >= 0.6 is 0 Å². The first-order valence-corrected chi connectivity index (χ1v) is 6.18. The van der Waals surface area contributed by atoms with Gasteiger partial charge in [0, 0.05) is 18.8 Å². The molecule has 0 N–H and O–H groups in total. The van der Waals surface area contributed by atoms with Gasteiger partial charge in [-0.05, 0) is 18.8 Å².